The number of nitrogens with zero attached hydrogens (tertiary/aromatic N) is 1. The molecule has 3 nitrogen and oxygen atoms in total. The molecule has 0 amide bonds. The summed E-state index contributed by atoms with van der Waals surface area (Å²) in [6, 6.07) is 19.6. The predicted molar refractivity (Wildman–Crippen MR) is 98.1 cm³/mol. The molecule has 3 aromatic carbocycles. The number of para-hydroxylation sites is 2. The molecule has 0 radical (unpaired) electrons. The number of ketones is 1. The van der Waals surface area contributed by atoms with Gasteiger partial charge in [-0.3, -0.25) is 4.79 Å². The van der Waals surface area contributed by atoms with Gasteiger partial charge in [-0.1, -0.05) is 58.4 Å². The fourth-order valence-corrected chi connectivity index (χ4v) is 3.91. The Bertz CT molecular complexity index is 1110. The van der Waals surface area contributed by atoms with Crippen LogP contribution < -0.4 is 0 Å². The molecule has 114 valence electrons. The molecule has 0 fully saturated rings. The lowest BCUT2D eigenvalue weighted by Crippen LogP contribution is -1.99. The predicted octanol–water partition coefficient (Wildman–Crippen LogP) is 5.20. The van der Waals surface area contributed by atoms with Gasteiger partial charge in [0.1, 0.15) is 5.82 Å². The number of rotatable bonds is 1. The van der Waals surface area contributed by atoms with Crippen LogP contribution in [-0.4, -0.2) is 15.8 Å². The van der Waals surface area contributed by atoms with E-state index in [0.717, 1.165) is 37.8 Å². The molecule has 1 aliphatic rings. The van der Waals surface area contributed by atoms with Gasteiger partial charge < -0.3 is 4.98 Å². The van der Waals surface area contributed by atoms with Crippen molar-refractivity contribution in [3.8, 4) is 22.5 Å². The fraction of sp³-hybridized carbons (Fsp3) is 0. The second-order valence-electron chi connectivity index (χ2n) is 5.82. The molecular weight excluding hydrogens is 364 g/mol. The van der Waals surface area contributed by atoms with Gasteiger partial charge in [0.05, 0.1) is 11.0 Å². The average Bonchev–Trinajstić information content (AvgIpc) is 3.15. The van der Waals surface area contributed by atoms with Crippen molar-refractivity contribution in [1.82, 2.24) is 9.97 Å². The number of carbonyl (C=O) groups is 1. The molecule has 5 rings (SSSR count). The van der Waals surface area contributed by atoms with Gasteiger partial charge in [-0.25, -0.2) is 4.98 Å². The van der Waals surface area contributed by atoms with Gasteiger partial charge >= 0.3 is 0 Å². The number of hydrogen-bond donors (Lipinski definition) is 1. The van der Waals surface area contributed by atoms with Crippen molar-refractivity contribution < 1.29 is 4.79 Å². The summed E-state index contributed by atoms with van der Waals surface area (Å²) in [7, 11) is 0. The van der Waals surface area contributed by atoms with Crippen LogP contribution >= 0.6 is 15.9 Å². The van der Waals surface area contributed by atoms with E-state index < -0.39 is 0 Å². The van der Waals surface area contributed by atoms with Crippen LogP contribution in [0, 0.1) is 0 Å². The lowest BCUT2D eigenvalue weighted by molar-refractivity contribution is 0.104. The largest absolute Gasteiger partial charge is 0.338 e. The van der Waals surface area contributed by atoms with Crippen molar-refractivity contribution in [1.29, 1.82) is 0 Å². The van der Waals surface area contributed by atoms with Gasteiger partial charge in [-0.2, -0.15) is 0 Å². The number of aromatic nitrogens is 2. The van der Waals surface area contributed by atoms with Crippen LogP contribution in [-0.2, 0) is 0 Å². The summed E-state index contributed by atoms with van der Waals surface area (Å²) < 4.78 is 0.862. The maximum absolute atomic E-state index is 13.0. The van der Waals surface area contributed by atoms with E-state index in [0.29, 0.717) is 11.4 Å². The summed E-state index contributed by atoms with van der Waals surface area (Å²) in [6.07, 6.45) is 0. The Hall–Kier alpha value is -2.72. The zero-order chi connectivity index (χ0) is 16.3. The van der Waals surface area contributed by atoms with E-state index in [9.17, 15) is 4.79 Å². The Labute approximate surface area is 146 Å². The molecule has 0 atom stereocenters. The van der Waals surface area contributed by atoms with E-state index in [4.69, 9.17) is 0 Å². The van der Waals surface area contributed by atoms with E-state index in [2.05, 4.69) is 25.9 Å². The number of fused-ring (bicyclic) bond motifs is 4. The maximum Gasteiger partial charge on any atom is 0.195 e. The molecule has 0 spiro atoms. The summed E-state index contributed by atoms with van der Waals surface area (Å²) in [4.78, 5) is 21.0. The Morgan fingerprint density at radius 1 is 0.792 bits per heavy atom. The molecule has 1 N–H and O–H groups in total. The quantitative estimate of drug-likeness (QED) is 0.438. The average molecular weight is 375 g/mol. The lowest BCUT2D eigenvalue weighted by atomic mass is 10.0. The molecule has 0 unspecified atom stereocenters. The van der Waals surface area contributed by atoms with Crippen LogP contribution in [0.2, 0.25) is 0 Å². The van der Waals surface area contributed by atoms with Crippen LogP contribution in [0.3, 0.4) is 0 Å². The van der Waals surface area contributed by atoms with E-state index in [1.807, 2.05) is 60.7 Å². The molecule has 4 heteroatoms. The van der Waals surface area contributed by atoms with Crippen LogP contribution in [0.1, 0.15) is 15.9 Å². The lowest BCUT2D eigenvalue weighted by Gasteiger charge is -2.08. The molecule has 1 aliphatic carbocycles. The third-order valence-electron chi connectivity index (χ3n) is 4.47. The molecule has 4 aromatic rings. The normalized spacial score (nSPS) is 12.5. The molecule has 1 aromatic heterocycles. The number of nitrogens with one attached hydrogen (secondary N) is 1. The van der Waals surface area contributed by atoms with E-state index >= 15 is 0 Å². The first-order valence-electron chi connectivity index (χ1n) is 7.66. The van der Waals surface area contributed by atoms with Crippen molar-refractivity contribution in [3.63, 3.8) is 0 Å². The maximum atomic E-state index is 13.0. The molecule has 0 bridgehead atoms. The van der Waals surface area contributed by atoms with Gasteiger partial charge in [-0.05, 0) is 29.3 Å². The second-order valence-corrected chi connectivity index (χ2v) is 6.68. The zero-order valence-corrected chi connectivity index (χ0v) is 14.1. The fourth-order valence-electron chi connectivity index (χ4n) is 3.39. The van der Waals surface area contributed by atoms with Gasteiger partial charge in [0.2, 0.25) is 0 Å². The first kappa shape index (κ1) is 13.7. The molecule has 0 aliphatic heterocycles. The van der Waals surface area contributed by atoms with Gasteiger partial charge in [0, 0.05) is 21.2 Å². The standard InChI is InChI=1S/C20H11BrN2O/c21-14-10-9-12-11-5-1-2-6-13(11)19(24)17(12)18(14)20-22-15-7-3-4-8-16(15)23-20/h1-10H,(H,22,23). The Morgan fingerprint density at radius 2 is 1.54 bits per heavy atom. The Morgan fingerprint density at radius 3 is 2.38 bits per heavy atom. The Balaban J connectivity index is 1.84. The van der Waals surface area contributed by atoms with Crippen molar-refractivity contribution >= 4 is 32.7 Å². The van der Waals surface area contributed by atoms with Crippen molar-refractivity contribution in [3.05, 3.63) is 76.3 Å². The molecular formula is C20H11BrN2O. The van der Waals surface area contributed by atoms with Gasteiger partial charge in [0.25, 0.3) is 0 Å². The number of carbonyl (C=O) groups excluding carboxylic acids is 1. The second kappa shape index (κ2) is 4.89. The van der Waals surface area contributed by atoms with Crippen LogP contribution in [0.4, 0.5) is 0 Å². The minimum Gasteiger partial charge on any atom is -0.338 e. The number of aromatic amines is 1. The van der Waals surface area contributed by atoms with Crippen molar-refractivity contribution in [2.75, 3.05) is 0 Å². The number of imidazole rings is 1. The highest BCUT2D eigenvalue weighted by Gasteiger charge is 2.31. The molecule has 0 saturated carbocycles. The first-order chi connectivity index (χ1) is 11.7. The SMILES string of the molecule is O=C1c2ccccc2-c2ccc(Br)c(-c3nc4ccccc4[nH]3)c21. The Kier molecular flexibility index (Phi) is 2.79. The van der Waals surface area contributed by atoms with E-state index in [1.165, 1.54) is 0 Å². The minimum absolute atomic E-state index is 0.0531. The van der Waals surface area contributed by atoms with Crippen LogP contribution in [0.5, 0.6) is 0 Å². The summed E-state index contributed by atoms with van der Waals surface area (Å²) in [5.41, 5.74) is 6.09. The number of hydrogen-bond acceptors (Lipinski definition) is 2. The third kappa shape index (κ3) is 1.77. The number of H-pyrrole nitrogens is 1. The topological polar surface area (TPSA) is 45.8 Å². The summed E-state index contributed by atoms with van der Waals surface area (Å²) >= 11 is 3.60. The van der Waals surface area contributed by atoms with E-state index in [-0.39, 0.29) is 5.78 Å². The molecule has 24 heavy (non-hydrogen) atoms. The molecule has 1 heterocycles. The van der Waals surface area contributed by atoms with Crippen LogP contribution in [0.25, 0.3) is 33.5 Å². The third-order valence-corrected chi connectivity index (χ3v) is 5.13. The first-order valence-corrected chi connectivity index (χ1v) is 8.45. The van der Waals surface area contributed by atoms with Crippen molar-refractivity contribution in [2.45, 2.75) is 0 Å². The minimum atomic E-state index is 0.0531. The number of benzene rings is 3. The zero-order valence-electron chi connectivity index (χ0n) is 12.5. The van der Waals surface area contributed by atoms with Crippen LogP contribution in [0.15, 0.2) is 65.1 Å². The summed E-state index contributed by atoms with van der Waals surface area (Å²) in [5, 5.41) is 0. The van der Waals surface area contributed by atoms with Gasteiger partial charge in [0.15, 0.2) is 5.78 Å². The highest BCUT2D eigenvalue weighted by atomic mass is 79.9. The van der Waals surface area contributed by atoms with Gasteiger partial charge in [-0.15, -0.1) is 0 Å². The molecule has 0 saturated heterocycles. The van der Waals surface area contributed by atoms with E-state index in [1.54, 1.807) is 0 Å². The summed E-state index contributed by atoms with van der Waals surface area (Å²) in [6.45, 7) is 0. The monoisotopic (exact) mass is 374 g/mol. The highest BCUT2D eigenvalue weighted by molar-refractivity contribution is 9.10. The van der Waals surface area contributed by atoms with Crippen molar-refractivity contribution in [2.24, 2.45) is 0 Å². The summed E-state index contributed by atoms with van der Waals surface area (Å²) in [5.74, 6) is 0.762. The number of halogens is 1. The smallest absolute Gasteiger partial charge is 0.195 e. The highest BCUT2D eigenvalue weighted by Crippen LogP contribution is 2.44.